The van der Waals surface area contributed by atoms with Crippen molar-refractivity contribution in [1.82, 2.24) is 9.55 Å². The Balaban J connectivity index is 1.90. The lowest BCUT2D eigenvalue weighted by molar-refractivity contribution is 0.0513. The third kappa shape index (κ3) is 4.45. The van der Waals surface area contributed by atoms with E-state index in [0.717, 1.165) is 5.56 Å². The third-order valence-corrected chi connectivity index (χ3v) is 3.08. The highest BCUT2D eigenvalue weighted by atomic mass is 16.5. The Morgan fingerprint density at radius 1 is 1.26 bits per heavy atom. The van der Waals surface area contributed by atoms with Crippen LogP contribution in [0.3, 0.4) is 0 Å². The van der Waals surface area contributed by atoms with E-state index in [-0.39, 0.29) is 12.2 Å². The quantitative estimate of drug-likeness (QED) is 0.520. The summed E-state index contributed by atoms with van der Waals surface area (Å²) in [7, 11) is 1.52. The number of aromatic nitrogens is 2. The van der Waals surface area contributed by atoms with E-state index in [0.29, 0.717) is 12.0 Å². The summed E-state index contributed by atoms with van der Waals surface area (Å²) >= 11 is 0. The van der Waals surface area contributed by atoms with Crippen LogP contribution < -0.4 is 11.2 Å². The number of esters is 1. The first-order valence-electron chi connectivity index (χ1n) is 7.00. The fourth-order valence-electron chi connectivity index (χ4n) is 1.78. The van der Waals surface area contributed by atoms with Crippen LogP contribution in [-0.4, -0.2) is 22.1 Å². The van der Waals surface area contributed by atoms with Crippen molar-refractivity contribution in [2.45, 2.75) is 13.3 Å². The second-order valence-electron chi connectivity index (χ2n) is 4.97. The topological polar surface area (TPSA) is 81.2 Å². The first-order chi connectivity index (χ1) is 11.0. The monoisotopic (exact) mass is 312 g/mol. The fraction of sp³-hybridized carbons (Fsp3) is 0.235. The Kier molecular flexibility index (Phi) is 5.15. The largest absolute Gasteiger partial charge is 0.461 e. The number of H-pyrrole nitrogens is 1. The maximum atomic E-state index is 11.8. The van der Waals surface area contributed by atoms with Crippen molar-refractivity contribution >= 4 is 5.97 Å². The highest BCUT2D eigenvalue weighted by Crippen LogP contribution is 2.04. The predicted octanol–water partition coefficient (Wildman–Crippen LogP) is 0.981. The molecule has 6 heteroatoms. The summed E-state index contributed by atoms with van der Waals surface area (Å²) in [5.41, 5.74) is 0.717. The van der Waals surface area contributed by atoms with Crippen LogP contribution in [0, 0.1) is 18.8 Å². The molecule has 23 heavy (non-hydrogen) atoms. The van der Waals surface area contributed by atoms with Gasteiger partial charge in [-0.3, -0.25) is 9.78 Å². The number of nitrogens with one attached hydrogen (secondary N) is 1. The summed E-state index contributed by atoms with van der Waals surface area (Å²) in [6, 6.07) is 7.07. The molecule has 1 aromatic carbocycles. The van der Waals surface area contributed by atoms with Crippen LogP contribution in [0.25, 0.3) is 0 Å². The number of aryl methyl sites for hydroxylation is 2. The Morgan fingerprint density at radius 2 is 1.96 bits per heavy atom. The zero-order valence-corrected chi connectivity index (χ0v) is 12.9. The zero-order chi connectivity index (χ0) is 16.8. The summed E-state index contributed by atoms with van der Waals surface area (Å²) in [6.45, 7) is 2.06. The molecule has 0 spiro atoms. The molecular formula is C17H16N2O4. The van der Waals surface area contributed by atoms with Gasteiger partial charge in [-0.15, -0.1) is 0 Å². The van der Waals surface area contributed by atoms with Gasteiger partial charge in [-0.05, 0) is 19.1 Å². The molecule has 1 heterocycles. The zero-order valence-electron chi connectivity index (χ0n) is 12.9. The molecule has 2 aromatic rings. The Hall–Kier alpha value is -3.07. The standard InChI is InChI=1S/C17H16N2O4/c1-12-6-8-13(9-7-12)16(21)23-10-4-3-5-14-11-19(2)17(22)18-15(14)20/h6-9,11H,4,10H2,1-2H3,(H,18,20,22). The molecule has 1 N–H and O–H groups in total. The molecule has 2 rings (SSSR count). The molecule has 0 aliphatic heterocycles. The third-order valence-electron chi connectivity index (χ3n) is 3.08. The summed E-state index contributed by atoms with van der Waals surface area (Å²) in [4.78, 5) is 36.6. The number of hydrogen-bond acceptors (Lipinski definition) is 4. The van der Waals surface area contributed by atoms with Gasteiger partial charge in [-0.1, -0.05) is 29.5 Å². The second-order valence-corrected chi connectivity index (χ2v) is 4.97. The van der Waals surface area contributed by atoms with Crippen molar-refractivity contribution in [3.05, 3.63) is 68.0 Å². The molecule has 0 bridgehead atoms. The maximum absolute atomic E-state index is 11.8. The van der Waals surface area contributed by atoms with Crippen LogP contribution >= 0.6 is 0 Å². The molecular weight excluding hydrogens is 296 g/mol. The number of ether oxygens (including phenoxy) is 1. The summed E-state index contributed by atoms with van der Waals surface area (Å²) < 4.78 is 6.34. The van der Waals surface area contributed by atoms with Crippen molar-refractivity contribution in [2.24, 2.45) is 7.05 Å². The van der Waals surface area contributed by atoms with E-state index in [9.17, 15) is 14.4 Å². The Morgan fingerprint density at radius 3 is 2.65 bits per heavy atom. The van der Waals surface area contributed by atoms with Gasteiger partial charge in [0.15, 0.2) is 0 Å². The Bertz CT molecular complexity index is 880. The smallest absolute Gasteiger partial charge is 0.338 e. The number of carbonyl (C=O) groups is 1. The maximum Gasteiger partial charge on any atom is 0.338 e. The van der Waals surface area contributed by atoms with Gasteiger partial charge < -0.3 is 9.30 Å². The molecule has 0 radical (unpaired) electrons. The van der Waals surface area contributed by atoms with Gasteiger partial charge in [0.2, 0.25) is 0 Å². The fourth-order valence-corrected chi connectivity index (χ4v) is 1.78. The molecule has 0 aliphatic carbocycles. The summed E-state index contributed by atoms with van der Waals surface area (Å²) in [5.74, 6) is 4.99. The lowest BCUT2D eigenvalue weighted by atomic mass is 10.1. The lowest BCUT2D eigenvalue weighted by Crippen LogP contribution is -2.29. The predicted molar refractivity (Wildman–Crippen MR) is 85.3 cm³/mol. The number of benzene rings is 1. The highest BCUT2D eigenvalue weighted by Gasteiger charge is 2.05. The van der Waals surface area contributed by atoms with E-state index in [2.05, 4.69) is 16.8 Å². The van der Waals surface area contributed by atoms with Gasteiger partial charge in [-0.2, -0.15) is 0 Å². The number of aromatic amines is 1. The number of hydrogen-bond donors (Lipinski definition) is 1. The molecule has 6 nitrogen and oxygen atoms in total. The molecule has 0 amide bonds. The van der Waals surface area contributed by atoms with E-state index in [1.165, 1.54) is 17.8 Å². The van der Waals surface area contributed by atoms with E-state index in [1.807, 2.05) is 19.1 Å². The van der Waals surface area contributed by atoms with E-state index >= 15 is 0 Å². The van der Waals surface area contributed by atoms with Gasteiger partial charge in [-0.25, -0.2) is 9.59 Å². The van der Waals surface area contributed by atoms with Crippen molar-refractivity contribution in [3.63, 3.8) is 0 Å². The molecule has 0 saturated heterocycles. The molecule has 118 valence electrons. The van der Waals surface area contributed by atoms with Crippen LogP contribution in [0.2, 0.25) is 0 Å². The number of carbonyl (C=O) groups excluding carboxylic acids is 1. The molecule has 0 fully saturated rings. The minimum atomic E-state index is -0.530. The molecule has 0 saturated carbocycles. The van der Waals surface area contributed by atoms with E-state index in [1.54, 1.807) is 12.1 Å². The van der Waals surface area contributed by atoms with Crippen LogP contribution in [-0.2, 0) is 11.8 Å². The minimum Gasteiger partial charge on any atom is -0.461 e. The van der Waals surface area contributed by atoms with E-state index < -0.39 is 17.2 Å². The molecule has 0 unspecified atom stereocenters. The summed E-state index contributed by atoms with van der Waals surface area (Å²) in [5, 5.41) is 0. The van der Waals surface area contributed by atoms with Gasteiger partial charge in [0, 0.05) is 19.7 Å². The summed E-state index contributed by atoms with van der Waals surface area (Å²) in [6.07, 6.45) is 1.66. The second kappa shape index (κ2) is 7.27. The van der Waals surface area contributed by atoms with Crippen molar-refractivity contribution in [3.8, 4) is 11.8 Å². The molecule has 0 atom stereocenters. The first kappa shape index (κ1) is 16.3. The normalized spacial score (nSPS) is 9.83. The van der Waals surface area contributed by atoms with Crippen LogP contribution in [0.5, 0.6) is 0 Å². The van der Waals surface area contributed by atoms with Gasteiger partial charge >= 0.3 is 11.7 Å². The van der Waals surface area contributed by atoms with Gasteiger partial charge in [0.05, 0.1) is 5.56 Å². The van der Waals surface area contributed by atoms with Gasteiger partial charge in [0.1, 0.15) is 12.2 Å². The van der Waals surface area contributed by atoms with Crippen LogP contribution in [0.15, 0.2) is 40.1 Å². The lowest BCUT2D eigenvalue weighted by Gasteiger charge is -2.02. The SMILES string of the molecule is Cc1ccc(C(=O)OCCC#Cc2cn(C)c(=O)[nH]c2=O)cc1. The van der Waals surface area contributed by atoms with Gasteiger partial charge in [0.25, 0.3) is 5.56 Å². The first-order valence-corrected chi connectivity index (χ1v) is 7.00. The number of rotatable bonds is 3. The van der Waals surface area contributed by atoms with Crippen molar-refractivity contribution in [1.29, 1.82) is 0 Å². The highest BCUT2D eigenvalue weighted by molar-refractivity contribution is 5.89. The minimum absolute atomic E-state index is 0.128. The average molecular weight is 312 g/mol. The van der Waals surface area contributed by atoms with E-state index in [4.69, 9.17) is 4.74 Å². The Labute approximate surface area is 132 Å². The number of nitrogens with zero attached hydrogens (tertiary/aromatic N) is 1. The van der Waals surface area contributed by atoms with Crippen LogP contribution in [0.4, 0.5) is 0 Å². The molecule has 0 aliphatic rings. The van der Waals surface area contributed by atoms with Crippen molar-refractivity contribution < 1.29 is 9.53 Å². The van der Waals surface area contributed by atoms with Crippen molar-refractivity contribution in [2.75, 3.05) is 6.61 Å². The molecule has 1 aromatic heterocycles. The average Bonchev–Trinajstić information content (AvgIpc) is 2.52. The van der Waals surface area contributed by atoms with Crippen LogP contribution in [0.1, 0.15) is 27.9 Å².